The fourth-order valence-corrected chi connectivity index (χ4v) is 4.40. The summed E-state index contributed by atoms with van der Waals surface area (Å²) in [6.07, 6.45) is 3.82. The Morgan fingerprint density at radius 1 is 1.12 bits per heavy atom. The standard InChI is InChI=1S/C25H27N7O2/c1-32-11-9-17(10-12-32)28-16-7-5-15(6-8-16)25(34)29-22-13-21(30-31-22)19-4-2-3-18-20(24(26)33)14-27-23(18)19/h2-8,13-14,17,27-28H,9-12H2,1H3,(H2,26,33)(H2,29,30,31,34). The van der Waals surface area contributed by atoms with Gasteiger partial charge in [0.25, 0.3) is 11.8 Å². The molecule has 9 heteroatoms. The molecule has 2 amide bonds. The molecule has 1 aliphatic rings. The number of fused-ring (bicyclic) bond motifs is 1. The average molecular weight is 458 g/mol. The normalized spacial score (nSPS) is 14.9. The van der Waals surface area contributed by atoms with Crippen molar-refractivity contribution < 1.29 is 9.59 Å². The first-order valence-electron chi connectivity index (χ1n) is 11.3. The molecule has 1 aliphatic heterocycles. The van der Waals surface area contributed by atoms with E-state index in [1.165, 1.54) is 0 Å². The molecule has 3 heterocycles. The maximum absolute atomic E-state index is 12.7. The number of aromatic amines is 2. The number of likely N-dealkylation sites (tertiary alicyclic amines) is 1. The van der Waals surface area contributed by atoms with Gasteiger partial charge in [-0.05, 0) is 57.2 Å². The van der Waals surface area contributed by atoms with Crippen LogP contribution in [-0.2, 0) is 0 Å². The highest BCUT2D eigenvalue weighted by atomic mass is 16.2. The number of nitrogens with one attached hydrogen (secondary N) is 4. The first-order valence-corrected chi connectivity index (χ1v) is 11.3. The SMILES string of the molecule is CN1CCC(Nc2ccc(C(=O)Nc3cc(-c4cccc5c(C(N)=O)c[nH]c45)n[nH]3)cc2)CC1. The van der Waals surface area contributed by atoms with Gasteiger partial charge in [0.1, 0.15) is 5.82 Å². The molecule has 9 nitrogen and oxygen atoms in total. The predicted molar refractivity (Wildman–Crippen MR) is 133 cm³/mol. The fraction of sp³-hybridized carbons (Fsp3) is 0.240. The van der Waals surface area contributed by atoms with Crippen LogP contribution in [0, 0.1) is 0 Å². The monoisotopic (exact) mass is 457 g/mol. The minimum atomic E-state index is -0.494. The Kier molecular flexibility index (Phi) is 5.77. The van der Waals surface area contributed by atoms with E-state index in [4.69, 9.17) is 5.73 Å². The van der Waals surface area contributed by atoms with Crippen molar-refractivity contribution in [3.05, 3.63) is 65.9 Å². The summed E-state index contributed by atoms with van der Waals surface area (Å²) in [5, 5.41) is 14.3. The van der Waals surface area contributed by atoms with Gasteiger partial charge >= 0.3 is 0 Å². The zero-order valence-corrected chi connectivity index (χ0v) is 18.9. The lowest BCUT2D eigenvalue weighted by Crippen LogP contribution is -2.36. The molecule has 0 atom stereocenters. The van der Waals surface area contributed by atoms with Crippen LogP contribution < -0.4 is 16.4 Å². The van der Waals surface area contributed by atoms with Crippen LogP contribution in [0.1, 0.15) is 33.6 Å². The van der Waals surface area contributed by atoms with Crippen molar-refractivity contribution in [2.75, 3.05) is 30.8 Å². The number of benzene rings is 2. The van der Waals surface area contributed by atoms with Crippen LogP contribution in [0.4, 0.5) is 11.5 Å². The van der Waals surface area contributed by atoms with E-state index in [9.17, 15) is 9.59 Å². The molecule has 174 valence electrons. The van der Waals surface area contributed by atoms with Crippen LogP contribution >= 0.6 is 0 Å². The Balaban J connectivity index is 1.26. The zero-order valence-electron chi connectivity index (χ0n) is 18.9. The summed E-state index contributed by atoms with van der Waals surface area (Å²) in [5.41, 5.74) is 9.65. The number of anilines is 2. The summed E-state index contributed by atoms with van der Waals surface area (Å²) >= 11 is 0. The smallest absolute Gasteiger partial charge is 0.256 e. The Bertz CT molecular complexity index is 1330. The number of primary amides is 1. The molecule has 2 aromatic carbocycles. The molecule has 0 aliphatic carbocycles. The average Bonchev–Trinajstić information content (AvgIpc) is 3.48. The first kappa shape index (κ1) is 21.7. The van der Waals surface area contributed by atoms with Crippen molar-refractivity contribution >= 4 is 34.2 Å². The van der Waals surface area contributed by atoms with Crippen molar-refractivity contribution in [3.8, 4) is 11.3 Å². The Morgan fingerprint density at radius 3 is 2.62 bits per heavy atom. The molecule has 5 rings (SSSR count). The largest absolute Gasteiger partial charge is 0.382 e. The molecule has 0 unspecified atom stereocenters. The lowest BCUT2D eigenvalue weighted by Gasteiger charge is -2.30. The minimum Gasteiger partial charge on any atom is -0.382 e. The van der Waals surface area contributed by atoms with Gasteiger partial charge in [-0.25, -0.2) is 0 Å². The summed E-state index contributed by atoms with van der Waals surface area (Å²) in [4.78, 5) is 29.8. The van der Waals surface area contributed by atoms with Gasteiger partial charge in [0.05, 0.1) is 16.8 Å². The topological polar surface area (TPSA) is 132 Å². The van der Waals surface area contributed by atoms with E-state index in [1.807, 2.05) is 42.5 Å². The highest BCUT2D eigenvalue weighted by Gasteiger charge is 2.17. The van der Waals surface area contributed by atoms with Crippen molar-refractivity contribution in [1.29, 1.82) is 0 Å². The van der Waals surface area contributed by atoms with Crippen LogP contribution in [0.2, 0.25) is 0 Å². The molecule has 0 radical (unpaired) electrons. The third-order valence-corrected chi connectivity index (χ3v) is 6.32. The third-order valence-electron chi connectivity index (χ3n) is 6.32. The molecule has 0 bridgehead atoms. The Morgan fingerprint density at radius 2 is 1.88 bits per heavy atom. The van der Waals surface area contributed by atoms with Gasteiger partial charge in [-0.2, -0.15) is 5.10 Å². The number of H-pyrrole nitrogens is 2. The number of para-hydroxylation sites is 1. The first-order chi connectivity index (χ1) is 16.5. The summed E-state index contributed by atoms with van der Waals surface area (Å²) in [6, 6.07) is 15.3. The molecule has 1 fully saturated rings. The lowest BCUT2D eigenvalue weighted by atomic mass is 10.0. The minimum absolute atomic E-state index is 0.227. The Labute approximate surface area is 196 Å². The second kappa shape index (κ2) is 9.03. The van der Waals surface area contributed by atoms with Gasteiger partial charge in [-0.1, -0.05) is 18.2 Å². The predicted octanol–water partition coefficient (Wildman–Crippen LogP) is 3.42. The highest BCUT2D eigenvalue weighted by Crippen LogP contribution is 2.29. The second-order valence-electron chi connectivity index (χ2n) is 8.71. The number of carbonyl (C=O) groups excluding carboxylic acids is 2. The number of piperidine rings is 1. The number of rotatable bonds is 6. The van der Waals surface area contributed by atoms with E-state index >= 15 is 0 Å². The fourth-order valence-electron chi connectivity index (χ4n) is 4.40. The quantitative estimate of drug-likeness (QED) is 0.303. The van der Waals surface area contributed by atoms with Crippen LogP contribution in [0.25, 0.3) is 22.2 Å². The lowest BCUT2D eigenvalue weighted by molar-refractivity contribution is 0.0999. The number of hydrogen-bond donors (Lipinski definition) is 5. The van der Waals surface area contributed by atoms with Crippen molar-refractivity contribution in [2.45, 2.75) is 18.9 Å². The van der Waals surface area contributed by atoms with Crippen molar-refractivity contribution in [3.63, 3.8) is 0 Å². The van der Waals surface area contributed by atoms with Gasteiger partial charge in [0.2, 0.25) is 0 Å². The molecule has 6 N–H and O–H groups in total. The van der Waals surface area contributed by atoms with Crippen molar-refractivity contribution in [1.82, 2.24) is 20.1 Å². The number of carbonyl (C=O) groups is 2. The maximum atomic E-state index is 12.7. The maximum Gasteiger partial charge on any atom is 0.256 e. The second-order valence-corrected chi connectivity index (χ2v) is 8.71. The van der Waals surface area contributed by atoms with Crippen LogP contribution in [0.5, 0.6) is 0 Å². The van der Waals surface area contributed by atoms with E-state index < -0.39 is 5.91 Å². The molecule has 34 heavy (non-hydrogen) atoms. The summed E-state index contributed by atoms with van der Waals surface area (Å²) in [5.74, 6) is -0.242. The van der Waals surface area contributed by atoms with E-state index in [1.54, 1.807) is 12.3 Å². The molecule has 4 aromatic rings. The number of hydrogen-bond acceptors (Lipinski definition) is 5. The van der Waals surface area contributed by atoms with Crippen LogP contribution in [-0.4, -0.2) is 58.1 Å². The van der Waals surface area contributed by atoms with Gasteiger partial charge in [-0.3, -0.25) is 14.7 Å². The highest BCUT2D eigenvalue weighted by molar-refractivity contribution is 6.09. The molecule has 1 saturated heterocycles. The van der Waals surface area contributed by atoms with E-state index in [-0.39, 0.29) is 5.91 Å². The third kappa shape index (κ3) is 4.38. The van der Waals surface area contributed by atoms with Gasteiger partial charge in [-0.15, -0.1) is 0 Å². The molecular weight excluding hydrogens is 430 g/mol. The number of aromatic nitrogens is 3. The van der Waals surface area contributed by atoms with E-state index in [0.29, 0.717) is 28.7 Å². The molecular formula is C25H27N7O2. The molecule has 0 saturated carbocycles. The van der Waals surface area contributed by atoms with Gasteiger partial charge in [0.15, 0.2) is 0 Å². The number of amides is 2. The zero-order chi connectivity index (χ0) is 23.7. The van der Waals surface area contributed by atoms with E-state index in [0.717, 1.165) is 48.1 Å². The van der Waals surface area contributed by atoms with Crippen molar-refractivity contribution in [2.24, 2.45) is 5.73 Å². The molecule has 0 spiro atoms. The van der Waals surface area contributed by atoms with Gasteiger partial charge in [0, 0.05) is 40.5 Å². The van der Waals surface area contributed by atoms with Crippen LogP contribution in [0.15, 0.2) is 54.7 Å². The van der Waals surface area contributed by atoms with Gasteiger partial charge < -0.3 is 26.3 Å². The molecule has 2 aromatic heterocycles. The summed E-state index contributed by atoms with van der Waals surface area (Å²) in [6.45, 7) is 2.18. The Hall–Kier alpha value is -4.11. The summed E-state index contributed by atoms with van der Waals surface area (Å²) in [7, 11) is 2.15. The van der Waals surface area contributed by atoms with E-state index in [2.05, 4.69) is 37.8 Å². The van der Waals surface area contributed by atoms with Crippen LogP contribution in [0.3, 0.4) is 0 Å². The number of nitrogens with zero attached hydrogens (tertiary/aromatic N) is 2. The summed E-state index contributed by atoms with van der Waals surface area (Å²) < 4.78 is 0. The number of nitrogens with two attached hydrogens (primary N) is 1.